The minimum atomic E-state index is -0.631. The molecule has 0 spiro atoms. The Morgan fingerprint density at radius 3 is 2.54 bits per heavy atom. The van der Waals surface area contributed by atoms with Crippen molar-refractivity contribution in [3.05, 3.63) is 41.6 Å². The van der Waals surface area contributed by atoms with Crippen LogP contribution in [0.5, 0.6) is 0 Å². The van der Waals surface area contributed by atoms with E-state index in [0.29, 0.717) is 5.75 Å². The Morgan fingerprint density at radius 2 is 1.86 bits per heavy atom. The van der Waals surface area contributed by atoms with Crippen molar-refractivity contribution in [2.45, 2.75) is 108 Å². The molecule has 2 aliphatic rings. The molecule has 1 fully saturated rings. The molecule has 2 heterocycles. The molecule has 0 saturated heterocycles. The summed E-state index contributed by atoms with van der Waals surface area (Å²) in [5.41, 5.74) is 2.68. The zero-order chi connectivity index (χ0) is 24.8. The second kappa shape index (κ2) is 12.1. The lowest BCUT2D eigenvalue weighted by Gasteiger charge is -2.39. The van der Waals surface area contributed by atoms with Crippen LogP contribution in [-0.4, -0.2) is 44.3 Å². The number of hydrogen-bond donors (Lipinski definition) is 1. The van der Waals surface area contributed by atoms with Gasteiger partial charge in [0.1, 0.15) is 11.1 Å². The maximum absolute atomic E-state index is 14.1. The maximum atomic E-state index is 14.1. The summed E-state index contributed by atoms with van der Waals surface area (Å²) < 4.78 is 1.92. The third kappa shape index (κ3) is 5.76. The van der Waals surface area contributed by atoms with Gasteiger partial charge in [-0.25, -0.2) is 4.68 Å². The van der Waals surface area contributed by atoms with Gasteiger partial charge in [-0.2, -0.15) is 5.10 Å². The number of benzene rings is 1. The van der Waals surface area contributed by atoms with E-state index in [0.717, 1.165) is 79.8 Å². The van der Waals surface area contributed by atoms with Crippen LogP contribution >= 0.6 is 11.8 Å². The van der Waals surface area contributed by atoms with E-state index >= 15 is 0 Å². The van der Waals surface area contributed by atoms with Gasteiger partial charge in [0.05, 0.1) is 17.1 Å². The van der Waals surface area contributed by atoms with Crippen molar-refractivity contribution >= 4 is 23.6 Å². The first kappa shape index (κ1) is 25.8. The highest BCUT2D eigenvalue weighted by atomic mass is 32.2. The van der Waals surface area contributed by atoms with Crippen molar-refractivity contribution in [1.29, 1.82) is 0 Å². The van der Waals surface area contributed by atoms with Crippen LogP contribution in [0.4, 0.5) is 0 Å². The maximum Gasteiger partial charge on any atom is 0.247 e. The van der Waals surface area contributed by atoms with E-state index < -0.39 is 6.04 Å². The molecule has 6 nitrogen and oxygen atoms in total. The van der Waals surface area contributed by atoms with E-state index in [1.54, 1.807) is 0 Å². The molecule has 1 saturated carbocycles. The Bertz CT molecular complexity index is 1000. The summed E-state index contributed by atoms with van der Waals surface area (Å²) in [7, 11) is 0. The van der Waals surface area contributed by atoms with Crippen molar-refractivity contribution in [3.8, 4) is 5.69 Å². The largest absolute Gasteiger partial charge is 0.351 e. The van der Waals surface area contributed by atoms with Crippen LogP contribution in [-0.2, 0) is 9.59 Å². The van der Waals surface area contributed by atoms with Crippen molar-refractivity contribution in [2.24, 2.45) is 0 Å². The number of aromatic nitrogens is 2. The summed E-state index contributed by atoms with van der Waals surface area (Å²) in [6.45, 7) is 6.33. The number of fused-ring (bicyclic) bond motifs is 1. The van der Waals surface area contributed by atoms with Gasteiger partial charge in [-0.05, 0) is 44.7 Å². The first-order valence-electron chi connectivity index (χ1n) is 13.4. The van der Waals surface area contributed by atoms with Gasteiger partial charge < -0.3 is 10.2 Å². The van der Waals surface area contributed by atoms with Crippen molar-refractivity contribution in [3.63, 3.8) is 0 Å². The summed E-state index contributed by atoms with van der Waals surface area (Å²) in [4.78, 5) is 29.7. The Morgan fingerprint density at radius 1 is 1.11 bits per heavy atom. The van der Waals surface area contributed by atoms with Gasteiger partial charge in [-0.15, -0.1) is 0 Å². The molecule has 1 aliphatic heterocycles. The molecule has 2 amide bonds. The average Bonchev–Trinajstić information content (AvgIpc) is 3.11. The van der Waals surface area contributed by atoms with Gasteiger partial charge >= 0.3 is 0 Å². The molecule has 0 radical (unpaired) electrons. The fourth-order valence-corrected chi connectivity index (χ4v) is 6.70. The zero-order valence-corrected chi connectivity index (χ0v) is 22.3. The Hall–Kier alpha value is -2.28. The minimum absolute atomic E-state index is 0.0436. The lowest BCUT2D eigenvalue weighted by molar-refractivity contribution is -0.142. The van der Waals surface area contributed by atoms with Crippen LogP contribution in [0.15, 0.2) is 35.4 Å². The predicted octanol–water partition coefficient (Wildman–Crippen LogP) is 5.96. The molecule has 1 aliphatic carbocycles. The van der Waals surface area contributed by atoms with Crippen LogP contribution < -0.4 is 5.32 Å². The molecule has 0 bridgehead atoms. The zero-order valence-electron chi connectivity index (χ0n) is 21.5. The number of carbonyl (C=O) groups is 2. The van der Waals surface area contributed by atoms with E-state index in [1.807, 2.05) is 46.8 Å². The predicted molar refractivity (Wildman–Crippen MR) is 142 cm³/mol. The second-order valence-electron chi connectivity index (χ2n) is 9.97. The number of nitrogens with one attached hydrogen (secondary N) is 1. The van der Waals surface area contributed by atoms with Gasteiger partial charge in [0.25, 0.3) is 0 Å². The van der Waals surface area contributed by atoms with Gasteiger partial charge in [0, 0.05) is 17.6 Å². The Labute approximate surface area is 214 Å². The van der Waals surface area contributed by atoms with Crippen LogP contribution in [0.1, 0.15) is 95.4 Å². The standard InChI is InChI=1S/C28H40N4O2S/c1-4-6-14-21(13-5-2)29-27(34)26-25-20(3)30-32(23-17-11-8-12-18-23)28(25)35-19-24(33)31(26)22-15-9-7-10-16-22/h8,11-12,17-18,21-22,26H,4-7,9-10,13-16,19H2,1-3H3,(H,29,34). The molecule has 1 aromatic heterocycles. The molecule has 7 heteroatoms. The third-order valence-corrected chi connectivity index (χ3v) is 8.40. The third-order valence-electron chi connectivity index (χ3n) is 7.34. The Balaban J connectivity index is 1.77. The van der Waals surface area contributed by atoms with Crippen LogP contribution in [0.2, 0.25) is 0 Å². The first-order chi connectivity index (χ1) is 17.0. The fraction of sp³-hybridized carbons (Fsp3) is 0.607. The lowest BCUT2D eigenvalue weighted by Crippen LogP contribution is -2.51. The van der Waals surface area contributed by atoms with Crippen molar-refractivity contribution in [2.75, 3.05) is 5.75 Å². The lowest BCUT2D eigenvalue weighted by atomic mass is 9.91. The van der Waals surface area contributed by atoms with Crippen LogP contribution in [0.3, 0.4) is 0 Å². The van der Waals surface area contributed by atoms with E-state index in [2.05, 4.69) is 19.2 Å². The van der Waals surface area contributed by atoms with Gasteiger partial charge in [0.15, 0.2) is 0 Å². The van der Waals surface area contributed by atoms with E-state index in [4.69, 9.17) is 5.10 Å². The molecule has 190 valence electrons. The smallest absolute Gasteiger partial charge is 0.247 e. The molecular weight excluding hydrogens is 456 g/mol. The van der Waals surface area contributed by atoms with Crippen molar-refractivity contribution in [1.82, 2.24) is 20.0 Å². The highest BCUT2D eigenvalue weighted by molar-refractivity contribution is 8.00. The number of para-hydroxylation sites is 1. The number of nitrogens with zero attached hydrogens (tertiary/aromatic N) is 3. The summed E-state index contributed by atoms with van der Waals surface area (Å²) in [6, 6.07) is 9.64. The average molecular weight is 497 g/mol. The number of aryl methyl sites for hydroxylation is 1. The second-order valence-corrected chi connectivity index (χ2v) is 10.9. The number of carbonyl (C=O) groups excluding carboxylic acids is 2. The molecule has 2 aromatic rings. The molecular formula is C28H40N4O2S. The molecule has 1 aromatic carbocycles. The minimum Gasteiger partial charge on any atom is -0.351 e. The summed E-state index contributed by atoms with van der Waals surface area (Å²) >= 11 is 1.52. The molecule has 2 unspecified atom stereocenters. The van der Waals surface area contributed by atoms with E-state index in [1.165, 1.54) is 18.2 Å². The first-order valence-corrected chi connectivity index (χ1v) is 14.4. The highest BCUT2D eigenvalue weighted by Crippen LogP contribution is 2.41. The van der Waals surface area contributed by atoms with E-state index in [-0.39, 0.29) is 23.9 Å². The Kier molecular flexibility index (Phi) is 8.93. The molecule has 35 heavy (non-hydrogen) atoms. The summed E-state index contributed by atoms with van der Waals surface area (Å²) in [6.07, 6.45) is 10.5. The summed E-state index contributed by atoms with van der Waals surface area (Å²) in [5.74, 6) is 0.357. The number of amides is 2. The molecule has 1 N–H and O–H groups in total. The molecule has 4 rings (SSSR count). The number of thioether (sulfide) groups is 1. The van der Waals surface area contributed by atoms with Gasteiger partial charge in [0.2, 0.25) is 11.8 Å². The SMILES string of the molecule is CCCCC(CCC)NC(=O)C1c2c(C)nn(-c3ccccc3)c2SCC(=O)N1C1CCCCC1. The molecule has 2 atom stereocenters. The number of hydrogen-bond acceptors (Lipinski definition) is 4. The van der Waals surface area contributed by atoms with Crippen molar-refractivity contribution < 1.29 is 9.59 Å². The topological polar surface area (TPSA) is 67.2 Å². The van der Waals surface area contributed by atoms with Crippen LogP contribution in [0, 0.1) is 6.92 Å². The fourth-order valence-electron chi connectivity index (χ4n) is 5.60. The summed E-state index contributed by atoms with van der Waals surface area (Å²) in [5, 5.41) is 9.18. The number of rotatable bonds is 9. The van der Waals surface area contributed by atoms with E-state index in [9.17, 15) is 9.59 Å². The highest BCUT2D eigenvalue weighted by Gasteiger charge is 2.43. The quantitative estimate of drug-likeness (QED) is 0.465. The normalized spacial score (nSPS) is 19.8. The van der Waals surface area contributed by atoms with Gasteiger partial charge in [-0.3, -0.25) is 9.59 Å². The monoisotopic (exact) mass is 496 g/mol. The van der Waals surface area contributed by atoms with Gasteiger partial charge in [-0.1, -0.05) is 82.3 Å². The van der Waals surface area contributed by atoms with Crippen LogP contribution in [0.25, 0.3) is 5.69 Å². The number of unbranched alkanes of at least 4 members (excludes halogenated alkanes) is 1.